The van der Waals surface area contributed by atoms with Gasteiger partial charge in [0.25, 0.3) is 0 Å². The van der Waals surface area contributed by atoms with Crippen LogP contribution in [0.3, 0.4) is 0 Å². The first-order chi connectivity index (χ1) is 6.68. The summed E-state index contributed by atoms with van der Waals surface area (Å²) in [6.45, 7) is 6.65. The van der Waals surface area contributed by atoms with Gasteiger partial charge in [0.15, 0.2) is 8.32 Å². The molecule has 88 valence electrons. The van der Waals surface area contributed by atoms with Crippen molar-refractivity contribution >= 4 is 27.2 Å². The summed E-state index contributed by atoms with van der Waals surface area (Å²) in [6.07, 6.45) is 7.39. The van der Waals surface area contributed by atoms with Crippen molar-refractivity contribution in [3.63, 3.8) is 0 Å². The molecule has 0 unspecified atom stereocenters. The van der Waals surface area contributed by atoms with Crippen LogP contribution in [0.25, 0.3) is 0 Å². The van der Waals surface area contributed by atoms with Crippen LogP contribution >= 0.6 is 0 Å². The molecular formula is C12H29LiOSi. The van der Waals surface area contributed by atoms with Crippen molar-refractivity contribution in [2.24, 2.45) is 0 Å². The Hall–Kier alpha value is 0.774. The zero-order valence-corrected chi connectivity index (χ0v) is 11.3. The summed E-state index contributed by atoms with van der Waals surface area (Å²) in [7, 11) is -1.81. The van der Waals surface area contributed by atoms with Crippen molar-refractivity contribution in [1.82, 2.24) is 0 Å². The van der Waals surface area contributed by atoms with Crippen molar-refractivity contribution in [3.8, 4) is 0 Å². The number of unbranched alkanes of at least 4 members (excludes halogenated alkanes) is 3. The van der Waals surface area contributed by atoms with Crippen molar-refractivity contribution in [1.29, 1.82) is 0 Å². The summed E-state index contributed by atoms with van der Waals surface area (Å²) < 4.78 is 0. The third-order valence-corrected chi connectivity index (χ3v) is 6.84. The van der Waals surface area contributed by atoms with Crippen LogP contribution in [0.15, 0.2) is 0 Å². The predicted molar refractivity (Wildman–Crippen MR) is 74.3 cm³/mol. The van der Waals surface area contributed by atoms with Gasteiger partial charge in [0.2, 0.25) is 0 Å². The van der Waals surface area contributed by atoms with Crippen LogP contribution in [-0.4, -0.2) is 32.0 Å². The fraction of sp³-hybridized carbons (Fsp3) is 1.00. The van der Waals surface area contributed by atoms with E-state index in [0.29, 0.717) is 0 Å². The Morgan fingerprint density at radius 3 is 1.20 bits per heavy atom. The van der Waals surface area contributed by atoms with E-state index in [1.807, 2.05) is 0 Å². The van der Waals surface area contributed by atoms with Gasteiger partial charge in [-0.25, -0.2) is 0 Å². The summed E-state index contributed by atoms with van der Waals surface area (Å²) in [5.41, 5.74) is 0. The Morgan fingerprint density at radius 2 is 1.00 bits per heavy atom. The second-order valence-corrected chi connectivity index (χ2v) is 8.48. The second-order valence-electron chi connectivity index (χ2n) is 4.54. The minimum atomic E-state index is -1.81. The van der Waals surface area contributed by atoms with Crippen LogP contribution < -0.4 is 0 Å². The monoisotopic (exact) mass is 224 g/mol. The molecule has 0 aromatic rings. The Kier molecular flexibility index (Phi) is 13.6. The first-order valence-corrected chi connectivity index (χ1v) is 8.97. The van der Waals surface area contributed by atoms with Crippen LogP contribution in [0.2, 0.25) is 18.1 Å². The maximum atomic E-state index is 10.5. The number of hydrogen-bond donors (Lipinski definition) is 1. The molecule has 1 nitrogen and oxygen atoms in total. The summed E-state index contributed by atoms with van der Waals surface area (Å²) in [4.78, 5) is 10.5. The van der Waals surface area contributed by atoms with E-state index in [4.69, 9.17) is 0 Å². The molecule has 0 spiro atoms. The molecule has 1 N–H and O–H groups in total. The van der Waals surface area contributed by atoms with Gasteiger partial charge >= 0.3 is 18.9 Å². The molecule has 0 rings (SSSR count). The SMILES string of the molecule is CCCC[Si](O)(CCCC)CCCC.[LiH]. The molecule has 0 radical (unpaired) electrons. The second kappa shape index (κ2) is 11.3. The van der Waals surface area contributed by atoms with E-state index in [1.165, 1.54) is 38.5 Å². The van der Waals surface area contributed by atoms with Crippen LogP contribution in [0.4, 0.5) is 0 Å². The van der Waals surface area contributed by atoms with Gasteiger partial charge in [0.05, 0.1) is 0 Å². The molecule has 0 atom stereocenters. The fourth-order valence-corrected chi connectivity index (χ4v) is 5.68. The molecule has 15 heavy (non-hydrogen) atoms. The molecule has 0 aromatic heterocycles. The van der Waals surface area contributed by atoms with Gasteiger partial charge in [-0.3, -0.25) is 0 Å². The zero-order valence-electron chi connectivity index (χ0n) is 10.3. The predicted octanol–water partition coefficient (Wildman–Crippen LogP) is 3.68. The molecule has 0 aromatic carbocycles. The Balaban J connectivity index is 0. The van der Waals surface area contributed by atoms with E-state index < -0.39 is 8.32 Å². The minimum absolute atomic E-state index is 0. The standard InChI is InChI=1S/C12H28OSi.Li.H/c1-4-7-10-14(13,11-8-5-2)12-9-6-3;;/h13H,4-12H2,1-3H3;;. The van der Waals surface area contributed by atoms with Crippen molar-refractivity contribution in [2.75, 3.05) is 0 Å². The van der Waals surface area contributed by atoms with E-state index in [0.717, 1.165) is 18.1 Å². The molecule has 0 saturated heterocycles. The van der Waals surface area contributed by atoms with Gasteiger partial charge in [-0.1, -0.05) is 59.3 Å². The van der Waals surface area contributed by atoms with Crippen LogP contribution in [-0.2, 0) is 0 Å². The molecular weight excluding hydrogens is 195 g/mol. The van der Waals surface area contributed by atoms with Gasteiger partial charge in [-0.15, -0.1) is 0 Å². The van der Waals surface area contributed by atoms with Gasteiger partial charge in [0, 0.05) is 0 Å². The zero-order chi connectivity index (χ0) is 10.9. The van der Waals surface area contributed by atoms with Gasteiger partial charge in [-0.05, 0) is 18.1 Å². The van der Waals surface area contributed by atoms with Gasteiger partial charge < -0.3 is 4.80 Å². The van der Waals surface area contributed by atoms with Crippen molar-refractivity contribution < 1.29 is 4.80 Å². The molecule has 0 heterocycles. The Bertz CT molecular complexity index is 109. The van der Waals surface area contributed by atoms with E-state index in [-0.39, 0.29) is 18.9 Å². The molecule has 0 aliphatic rings. The Morgan fingerprint density at radius 1 is 0.733 bits per heavy atom. The summed E-state index contributed by atoms with van der Waals surface area (Å²) in [6, 6.07) is 3.43. The molecule has 0 bridgehead atoms. The van der Waals surface area contributed by atoms with Gasteiger partial charge in [0.1, 0.15) is 0 Å². The van der Waals surface area contributed by atoms with Crippen LogP contribution in [0.5, 0.6) is 0 Å². The Labute approximate surface area is 109 Å². The molecule has 0 aliphatic heterocycles. The van der Waals surface area contributed by atoms with Gasteiger partial charge in [-0.2, -0.15) is 0 Å². The maximum absolute atomic E-state index is 10.5. The van der Waals surface area contributed by atoms with E-state index >= 15 is 0 Å². The van der Waals surface area contributed by atoms with Crippen LogP contribution in [0, 0.1) is 0 Å². The summed E-state index contributed by atoms with van der Waals surface area (Å²) in [5.74, 6) is 0. The molecule has 0 amide bonds. The molecule has 3 heteroatoms. The van der Waals surface area contributed by atoms with Crippen molar-refractivity contribution in [2.45, 2.75) is 77.4 Å². The topological polar surface area (TPSA) is 20.2 Å². The van der Waals surface area contributed by atoms with E-state index in [1.54, 1.807) is 0 Å². The molecule has 0 saturated carbocycles. The first kappa shape index (κ1) is 18.1. The quantitative estimate of drug-likeness (QED) is 0.592. The molecule has 0 fully saturated rings. The number of rotatable bonds is 9. The fourth-order valence-electron chi connectivity index (χ4n) is 1.89. The third kappa shape index (κ3) is 9.69. The number of hydrogen-bond acceptors (Lipinski definition) is 1. The van der Waals surface area contributed by atoms with Crippen molar-refractivity contribution in [3.05, 3.63) is 0 Å². The van der Waals surface area contributed by atoms with E-state index in [9.17, 15) is 4.80 Å². The average Bonchev–Trinajstić information content (AvgIpc) is 2.21. The average molecular weight is 224 g/mol. The van der Waals surface area contributed by atoms with E-state index in [2.05, 4.69) is 20.8 Å². The summed E-state index contributed by atoms with van der Waals surface area (Å²) in [5, 5.41) is 0. The van der Waals surface area contributed by atoms with Crippen LogP contribution in [0.1, 0.15) is 59.3 Å². The first-order valence-electron chi connectivity index (χ1n) is 6.41. The third-order valence-electron chi connectivity index (χ3n) is 2.99. The summed E-state index contributed by atoms with van der Waals surface area (Å²) >= 11 is 0. The molecule has 0 aliphatic carbocycles. The normalized spacial score (nSPS) is 11.2.